The Bertz CT molecular complexity index is 377. The number of aliphatic hydroxyl groups is 2. The van der Waals surface area contributed by atoms with Crippen LogP contribution in [0.2, 0.25) is 0 Å². The maximum absolute atomic E-state index is 10.2. The fourth-order valence-electron chi connectivity index (χ4n) is 2.00. The number of ether oxygens (including phenoxy) is 1. The van der Waals surface area contributed by atoms with E-state index < -0.39 is 11.6 Å². The first-order chi connectivity index (χ1) is 7.03. The van der Waals surface area contributed by atoms with Crippen LogP contribution in [0.3, 0.4) is 0 Å². The Morgan fingerprint density at radius 3 is 2.53 bits per heavy atom. The Kier molecular flexibility index (Phi) is 2.34. The third-order valence-electron chi connectivity index (χ3n) is 2.90. The Balaban J connectivity index is 2.31. The molecule has 1 aromatic rings. The molecule has 2 unspecified atom stereocenters. The minimum absolute atomic E-state index is 0.442. The molecule has 82 valence electrons. The van der Waals surface area contributed by atoms with Crippen LogP contribution in [0.5, 0.6) is 0 Å². The molecule has 0 aromatic heterocycles. The lowest BCUT2D eigenvalue weighted by Gasteiger charge is -2.12. The number of benzene rings is 1. The van der Waals surface area contributed by atoms with Gasteiger partial charge in [0.25, 0.3) is 5.79 Å². The van der Waals surface area contributed by atoms with Crippen molar-refractivity contribution < 1.29 is 14.9 Å². The van der Waals surface area contributed by atoms with Crippen LogP contribution in [0, 0.1) is 6.92 Å². The lowest BCUT2D eigenvalue weighted by molar-refractivity contribution is 0.0115. The van der Waals surface area contributed by atoms with Gasteiger partial charge in [-0.25, -0.2) is 0 Å². The van der Waals surface area contributed by atoms with Crippen LogP contribution < -0.4 is 0 Å². The highest BCUT2D eigenvalue weighted by atomic mass is 16.8. The van der Waals surface area contributed by atoms with Gasteiger partial charge in [0.1, 0.15) is 0 Å². The van der Waals surface area contributed by atoms with E-state index in [1.807, 2.05) is 32.0 Å². The molecule has 0 bridgehead atoms. The van der Waals surface area contributed by atoms with Crippen molar-refractivity contribution in [2.45, 2.75) is 38.3 Å². The standard InChI is InChI=1S/C12H16O3/c1-3-8-11(13)12(14,15-11)10-7-5-4-6-9(10)2/h4-7,13-14H,3,8H2,1-2H3. The van der Waals surface area contributed by atoms with Gasteiger partial charge in [-0.3, -0.25) is 0 Å². The summed E-state index contributed by atoms with van der Waals surface area (Å²) in [5.74, 6) is -2.90. The molecule has 0 radical (unpaired) electrons. The lowest BCUT2D eigenvalue weighted by Crippen LogP contribution is -2.24. The molecule has 0 aliphatic carbocycles. The molecule has 3 nitrogen and oxygen atoms in total. The second-order valence-electron chi connectivity index (χ2n) is 4.10. The summed E-state index contributed by atoms with van der Waals surface area (Å²) in [6.07, 6.45) is 1.21. The molecule has 1 saturated heterocycles. The van der Waals surface area contributed by atoms with E-state index in [2.05, 4.69) is 0 Å². The summed E-state index contributed by atoms with van der Waals surface area (Å²) in [6.45, 7) is 3.83. The van der Waals surface area contributed by atoms with Crippen LogP contribution in [0.4, 0.5) is 0 Å². The predicted molar refractivity (Wildman–Crippen MR) is 56.0 cm³/mol. The average molecular weight is 208 g/mol. The molecule has 1 aliphatic rings. The third kappa shape index (κ3) is 1.47. The summed E-state index contributed by atoms with van der Waals surface area (Å²) in [5, 5.41) is 20.1. The SMILES string of the molecule is CCCC1(O)OC1(O)c1ccccc1C. The first-order valence-electron chi connectivity index (χ1n) is 5.24. The van der Waals surface area contributed by atoms with E-state index in [4.69, 9.17) is 4.74 Å². The highest BCUT2D eigenvalue weighted by molar-refractivity contribution is 5.34. The highest BCUT2D eigenvalue weighted by Crippen LogP contribution is 2.54. The van der Waals surface area contributed by atoms with Crippen molar-refractivity contribution >= 4 is 0 Å². The van der Waals surface area contributed by atoms with Crippen molar-refractivity contribution in [3.05, 3.63) is 35.4 Å². The molecule has 0 saturated carbocycles. The van der Waals surface area contributed by atoms with Crippen molar-refractivity contribution in [1.29, 1.82) is 0 Å². The maximum atomic E-state index is 10.2. The number of rotatable bonds is 3. The van der Waals surface area contributed by atoms with Crippen molar-refractivity contribution in [3.8, 4) is 0 Å². The van der Waals surface area contributed by atoms with E-state index in [-0.39, 0.29) is 0 Å². The molecule has 1 aromatic carbocycles. The van der Waals surface area contributed by atoms with Crippen molar-refractivity contribution in [2.24, 2.45) is 0 Å². The summed E-state index contributed by atoms with van der Waals surface area (Å²) < 4.78 is 5.11. The smallest absolute Gasteiger partial charge is 0.251 e. The monoisotopic (exact) mass is 208 g/mol. The van der Waals surface area contributed by atoms with Crippen LogP contribution in [0.15, 0.2) is 24.3 Å². The summed E-state index contributed by atoms with van der Waals surface area (Å²) >= 11 is 0. The first-order valence-corrected chi connectivity index (χ1v) is 5.24. The lowest BCUT2D eigenvalue weighted by atomic mass is 9.97. The second kappa shape index (κ2) is 3.30. The van der Waals surface area contributed by atoms with E-state index in [1.165, 1.54) is 0 Å². The molecular weight excluding hydrogens is 192 g/mol. The van der Waals surface area contributed by atoms with E-state index in [0.717, 1.165) is 12.0 Å². The molecule has 1 aliphatic heterocycles. The average Bonchev–Trinajstić information content (AvgIpc) is 2.71. The minimum Gasteiger partial charge on any atom is -0.361 e. The summed E-state index contributed by atoms with van der Waals surface area (Å²) in [6, 6.07) is 7.39. The zero-order valence-electron chi connectivity index (χ0n) is 9.03. The van der Waals surface area contributed by atoms with Gasteiger partial charge in [0.05, 0.1) is 0 Å². The van der Waals surface area contributed by atoms with Crippen LogP contribution in [0.25, 0.3) is 0 Å². The Morgan fingerprint density at radius 2 is 1.93 bits per heavy atom. The fourth-order valence-corrected chi connectivity index (χ4v) is 2.00. The molecule has 0 amide bonds. The van der Waals surface area contributed by atoms with Gasteiger partial charge in [-0.15, -0.1) is 0 Å². The topological polar surface area (TPSA) is 53.0 Å². The zero-order chi connectivity index (χ0) is 11.1. The van der Waals surface area contributed by atoms with Gasteiger partial charge in [0, 0.05) is 12.0 Å². The van der Waals surface area contributed by atoms with Gasteiger partial charge in [-0.2, -0.15) is 0 Å². The van der Waals surface area contributed by atoms with Crippen LogP contribution >= 0.6 is 0 Å². The normalized spacial score (nSPS) is 34.1. The van der Waals surface area contributed by atoms with Gasteiger partial charge in [-0.1, -0.05) is 37.6 Å². The van der Waals surface area contributed by atoms with Crippen molar-refractivity contribution in [1.82, 2.24) is 0 Å². The van der Waals surface area contributed by atoms with Gasteiger partial charge in [0.2, 0.25) is 5.79 Å². The quantitative estimate of drug-likeness (QED) is 0.743. The fraction of sp³-hybridized carbons (Fsp3) is 0.500. The molecular formula is C12H16O3. The van der Waals surface area contributed by atoms with Gasteiger partial charge in [-0.05, 0) is 12.5 Å². The first kappa shape index (κ1) is 10.6. The molecule has 1 heterocycles. The minimum atomic E-state index is -1.51. The van der Waals surface area contributed by atoms with Crippen LogP contribution in [0.1, 0.15) is 30.9 Å². The zero-order valence-corrected chi connectivity index (χ0v) is 9.03. The number of epoxide rings is 1. The third-order valence-corrected chi connectivity index (χ3v) is 2.90. The molecule has 15 heavy (non-hydrogen) atoms. The molecule has 1 fully saturated rings. The van der Waals surface area contributed by atoms with Gasteiger partial charge < -0.3 is 14.9 Å². The number of hydrogen-bond acceptors (Lipinski definition) is 3. The molecule has 2 N–H and O–H groups in total. The van der Waals surface area contributed by atoms with E-state index >= 15 is 0 Å². The van der Waals surface area contributed by atoms with E-state index in [9.17, 15) is 10.2 Å². The van der Waals surface area contributed by atoms with Crippen LogP contribution in [-0.2, 0) is 10.5 Å². The summed E-state index contributed by atoms with van der Waals surface area (Å²) in [7, 11) is 0. The number of hydrogen-bond donors (Lipinski definition) is 2. The Morgan fingerprint density at radius 1 is 1.27 bits per heavy atom. The van der Waals surface area contributed by atoms with E-state index in [0.29, 0.717) is 12.0 Å². The highest BCUT2D eigenvalue weighted by Gasteiger charge is 2.70. The van der Waals surface area contributed by atoms with Crippen LogP contribution in [-0.4, -0.2) is 16.0 Å². The van der Waals surface area contributed by atoms with Gasteiger partial charge >= 0.3 is 0 Å². The molecule has 2 rings (SSSR count). The Hall–Kier alpha value is -0.900. The van der Waals surface area contributed by atoms with Crippen molar-refractivity contribution in [3.63, 3.8) is 0 Å². The summed E-state index contributed by atoms with van der Waals surface area (Å²) in [5.41, 5.74) is 1.58. The summed E-state index contributed by atoms with van der Waals surface area (Å²) in [4.78, 5) is 0. The molecule has 2 atom stereocenters. The Labute approximate surface area is 89.3 Å². The second-order valence-corrected chi connectivity index (χ2v) is 4.10. The van der Waals surface area contributed by atoms with E-state index in [1.54, 1.807) is 6.07 Å². The molecule has 3 heteroatoms. The maximum Gasteiger partial charge on any atom is 0.251 e. The largest absolute Gasteiger partial charge is 0.361 e. The number of aryl methyl sites for hydroxylation is 1. The predicted octanol–water partition coefficient (Wildman–Crippen LogP) is 1.66. The van der Waals surface area contributed by atoms with Gasteiger partial charge in [0.15, 0.2) is 0 Å². The van der Waals surface area contributed by atoms with Crippen molar-refractivity contribution in [2.75, 3.05) is 0 Å². The molecule has 0 spiro atoms.